The van der Waals surface area contributed by atoms with Crippen molar-refractivity contribution in [3.05, 3.63) is 18.2 Å². The number of anilines is 1. The van der Waals surface area contributed by atoms with Crippen molar-refractivity contribution < 1.29 is 19.0 Å². The molecule has 5 nitrogen and oxygen atoms in total. The number of nitrogen functional groups attached to an aromatic ring is 1. The zero-order valence-electron chi connectivity index (χ0n) is 12.9. The molecule has 0 saturated carbocycles. The van der Waals surface area contributed by atoms with Crippen LogP contribution >= 0.6 is 0 Å². The van der Waals surface area contributed by atoms with Crippen molar-refractivity contribution in [3.8, 4) is 11.5 Å². The maximum atomic E-state index is 11.6. The molecule has 1 aromatic rings. The summed E-state index contributed by atoms with van der Waals surface area (Å²) in [5.41, 5.74) is 6.15. The van der Waals surface area contributed by atoms with Crippen LogP contribution in [0.2, 0.25) is 0 Å². The molecular formula is C16H25NO4. The van der Waals surface area contributed by atoms with Gasteiger partial charge in [-0.2, -0.15) is 0 Å². The molecule has 0 aliphatic heterocycles. The number of para-hydroxylation sites is 1. The van der Waals surface area contributed by atoms with Crippen LogP contribution in [-0.2, 0) is 4.74 Å². The maximum Gasteiger partial charge on any atom is 0.513 e. The van der Waals surface area contributed by atoms with Gasteiger partial charge in [0.1, 0.15) is 0 Å². The number of hydrogen-bond acceptors (Lipinski definition) is 5. The number of ether oxygens (including phenoxy) is 3. The van der Waals surface area contributed by atoms with Gasteiger partial charge in [0, 0.05) is 0 Å². The summed E-state index contributed by atoms with van der Waals surface area (Å²) in [6.07, 6.45) is 6.09. The van der Waals surface area contributed by atoms with Gasteiger partial charge in [-0.3, -0.25) is 0 Å². The lowest BCUT2D eigenvalue weighted by Crippen LogP contribution is -2.12. The van der Waals surface area contributed by atoms with Crippen LogP contribution in [0.1, 0.15) is 45.4 Å². The van der Waals surface area contributed by atoms with E-state index in [1.807, 2.05) is 0 Å². The summed E-state index contributed by atoms with van der Waals surface area (Å²) in [7, 11) is 1.47. The number of hydrogen-bond donors (Lipinski definition) is 1. The Morgan fingerprint density at radius 2 is 1.86 bits per heavy atom. The van der Waals surface area contributed by atoms with Gasteiger partial charge in [0.05, 0.1) is 19.4 Å². The minimum absolute atomic E-state index is 0.269. The van der Waals surface area contributed by atoms with Gasteiger partial charge in [0.2, 0.25) is 0 Å². The highest BCUT2D eigenvalue weighted by Gasteiger charge is 2.12. The zero-order chi connectivity index (χ0) is 15.5. The van der Waals surface area contributed by atoms with E-state index in [0.29, 0.717) is 18.0 Å². The largest absolute Gasteiger partial charge is 0.513 e. The van der Waals surface area contributed by atoms with Crippen LogP contribution in [0.3, 0.4) is 0 Å². The van der Waals surface area contributed by atoms with Crippen LogP contribution in [0.4, 0.5) is 10.5 Å². The van der Waals surface area contributed by atoms with Crippen molar-refractivity contribution >= 4 is 11.8 Å². The molecule has 0 aliphatic carbocycles. The van der Waals surface area contributed by atoms with Crippen LogP contribution in [-0.4, -0.2) is 19.9 Å². The van der Waals surface area contributed by atoms with Gasteiger partial charge in [-0.25, -0.2) is 4.79 Å². The summed E-state index contributed by atoms with van der Waals surface area (Å²) >= 11 is 0. The molecule has 0 unspecified atom stereocenters. The van der Waals surface area contributed by atoms with Gasteiger partial charge in [-0.15, -0.1) is 0 Å². The third-order valence-corrected chi connectivity index (χ3v) is 3.12. The number of unbranched alkanes of at least 4 members (excludes halogenated alkanes) is 5. The highest BCUT2D eigenvalue weighted by atomic mass is 16.7. The van der Waals surface area contributed by atoms with E-state index < -0.39 is 6.16 Å². The molecule has 0 aromatic heterocycles. The third kappa shape index (κ3) is 6.38. The molecular weight excluding hydrogens is 270 g/mol. The van der Waals surface area contributed by atoms with Crippen molar-refractivity contribution in [2.75, 3.05) is 19.5 Å². The molecule has 0 heterocycles. The summed E-state index contributed by atoms with van der Waals surface area (Å²) in [4.78, 5) is 11.6. The summed E-state index contributed by atoms with van der Waals surface area (Å²) in [6.45, 7) is 2.55. The molecule has 0 radical (unpaired) electrons. The average Bonchev–Trinajstić information content (AvgIpc) is 2.46. The minimum Gasteiger partial charge on any atom is -0.491 e. The predicted molar refractivity (Wildman–Crippen MR) is 82.8 cm³/mol. The van der Waals surface area contributed by atoms with Gasteiger partial charge in [0.25, 0.3) is 0 Å². The van der Waals surface area contributed by atoms with E-state index in [1.165, 1.54) is 32.8 Å². The molecule has 0 aliphatic rings. The molecule has 0 amide bonds. The van der Waals surface area contributed by atoms with Crippen molar-refractivity contribution in [2.24, 2.45) is 0 Å². The van der Waals surface area contributed by atoms with Gasteiger partial charge >= 0.3 is 6.16 Å². The Bertz CT molecular complexity index is 434. The van der Waals surface area contributed by atoms with E-state index in [4.69, 9.17) is 19.9 Å². The number of rotatable bonds is 9. The van der Waals surface area contributed by atoms with Gasteiger partial charge in [-0.1, -0.05) is 45.1 Å². The number of carbonyl (C=O) groups is 1. The van der Waals surface area contributed by atoms with Crippen LogP contribution in [0, 0.1) is 0 Å². The Hall–Kier alpha value is -1.91. The summed E-state index contributed by atoms with van der Waals surface area (Å²) in [5, 5.41) is 0. The molecule has 21 heavy (non-hydrogen) atoms. The van der Waals surface area contributed by atoms with Crippen molar-refractivity contribution in [1.82, 2.24) is 0 Å². The molecule has 0 bridgehead atoms. The van der Waals surface area contributed by atoms with E-state index in [-0.39, 0.29) is 5.75 Å². The number of methoxy groups -OCH3 is 1. The highest BCUT2D eigenvalue weighted by molar-refractivity contribution is 5.69. The molecule has 0 saturated heterocycles. The lowest BCUT2D eigenvalue weighted by molar-refractivity contribution is 0.0962. The second-order valence-electron chi connectivity index (χ2n) is 4.85. The lowest BCUT2D eigenvalue weighted by Gasteiger charge is -2.11. The highest BCUT2D eigenvalue weighted by Crippen LogP contribution is 2.32. The maximum absolute atomic E-state index is 11.6. The lowest BCUT2D eigenvalue weighted by atomic mass is 10.1. The van der Waals surface area contributed by atoms with E-state index in [0.717, 1.165) is 12.8 Å². The summed E-state index contributed by atoms with van der Waals surface area (Å²) in [6, 6.07) is 4.97. The molecule has 5 heteroatoms. The second kappa shape index (κ2) is 9.91. The summed E-state index contributed by atoms with van der Waals surface area (Å²) < 4.78 is 15.2. The number of carbonyl (C=O) groups excluding carboxylic acids is 1. The predicted octanol–water partition coefficient (Wildman–Crippen LogP) is 4.15. The fourth-order valence-corrected chi connectivity index (χ4v) is 1.99. The van der Waals surface area contributed by atoms with Crippen LogP contribution < -0.4 is 15.2 Å². The van der Waals surface area contributed by atoms with Crippen LogP contribution in [0.15, 0.2) is 18.2 Å². The Morgan fingerprint density at radius 3 is 2.57 bits per heavy atom. The first-order valence-electron chi connectivity index (χ1n) is 7.46. The monoisotopic (exact) mass is 295 g/mol. The number of benzene rings is 1. The Labute approximate surface area is 126 Å². The van der Waals surface area contributed by atoms with Crippen LogP contribution in [0.5, 0.6) is 11.5 Å². The first-order valence-corrected chi connectivity index (χ1v) is 7.46. The Balaban J connectivity index is 2.26. The van der Waals surface area contributed by atoms with Gasteiger partial charge in [0.15, 0.2) is 11.5 Å². The SMILES string of the molecule is CCCCCCCCOC(=O)Oc1cccc(N)c1OC. The molecule has 1 aromatic carbocycles. The molecule has 0 atom stereocenters. The van der Waals surface area contributed by atoms with Crippen molar-refractivity contribution in [1.29, 1.82) is 0 Å². The van der Waals surface area contributed by atoms with E-state index in [1.54, 1.807) is 18.2 Å². The van der Waals surface area contributed by atoms with Crippen molar-refractivity contribution in [3.63, 3.8) is 0 Å². The molecule has 0 spiro atoms. The molecule has 118 valence electrons. The standard InChI is InChI=1S/C16H25NO4/c1-3-4-5-6-7-8-12-20-16(18)21-14-11-9-10-13(17)15(14)19-2/h9-11H,3-8,12,17H2,1-2H3. The first-order chi connectivity index (χ1) is 10.2. The fraction of sp³-hybridized carbons (Fsp3) is 0.562. The van der Waals surface area contributed by atoms with Crippen LogP contribution in [0.25, 0.3) is 0 Å². The first kappa shape index (κ1) is 17.1. The van der Waals surface area contributed by atoms with E-state index in [9.17, 15) is 4.79 Å². The Morgan fingerprint density at radius 1 is 1.14 bits per heavy atom. The van der Waals surface area contributed by atoms with Gasteiger partial charge < -0.3 is 19.9 Å². The smallest absolute Gasteiger partial charge is 0.491 e. The van der Waals surface area contributed by atoms with E-state index in [2.05, 4.69) is 6.92 Å². The topological polar surface area (TPSA) is 70.8 Å². The zero-order valence-corrected chi connectivity index (χ0v) is 12.9. The molecule has 2 N–H and O–H groups in total. The Kier molecular flexibility index (Phi) is 8.09. The normalized spacial score (nSPS) is 10.2. The van der Waals surface area contributed by atoms with E-state index >= 15 is 0 Å². The number of nitrogens with two attached hydrogens (primary N) is 1. The second-order valence-corrected chi connectivity index (χ2v) is 4.85. The van der Waals surface area contributed by atoms with Gasteiger partial charge in [-0.05, 0) is 18.6 Å². The summed E-state index contributed by atoms with van der Waals surface area (Å²) in [5.74, 6) is 0.611. The molecule has 0 fully saturated rings. The quantitative estimate of drug-likeness (QED) is 0.321. The molecule has 1 rings (SSSR count). The minimum atomic E-state index is -0.729. The average molecular weight is 295 g/mol. The fourth-order valence-electron chi connectivity index (χ4n) is 1.99. The third-order valence-electron chi connectivity index (χ3n) is 3.12. The van der Waals surface area contributed by atoms with Crippen molar-refractivity contribution in [2.45, 2.75) is 45.4 Å².